The SMILES string of the molecule is Cc1[nH]c(C(=O)Nc2ccc(Br)cc2F)c(C)c1S(=O)(=O)N1CCCC1. The van der Waals surface area contributed by atoms with Crippen LogP contribution in [0.4, 0.5) is 10.1 Å². The molecule has 0 radical (unpaired) electrons. The number of halogens is 2. The lowest BCUT2D eigenvalue weighted by atomic mass is 10.2. The highest BCUT2D eigenvalue weighted by molar-refractivity contribution is 9.10. The van der Waals surface area contributed by atoms with Crippen LogP contribution in [-0.2, 0) is 10.0 Å². The minimum atomic E-state index is -3.66. The van der Waals surface area contributed by atoms with Gasteiger partial charge in [0.1, 0.15) is 16.4 Å². The molecular formula is C17H19BrFN3O3S. The maximum Gasteiger partial charge on any atom is 0.272 e. The molecule has 2 aromatic rings. The van der Waals surface area contributed by atoms with Gasteiger partial charge in [0.2, 0.25) is 10.0 Å². The zero-order valence-corrected chi connectivity index (χ0v) is 16.8. The first kappa shape index (κ1) is 19.1. The third-order valence-electron chi connectivity index (χ3n) is 4.44. The van der Waals surface area contributed by atoms with E-state index < -0.39 is 21.7 Å². The molecule has 6 nitrogen and oxygen atoms in total. The maximum atomic E-state index is 13.9. The van der Waals surface area contributed by atoms with Crippen molar-refractivity contribution in [3.8, 4) is 0 Å². The molecule has 0 bridgehead atoms. The molecule has 1 aromatic heterocycles. The number of carbonyl (C=O) groups excluding carboxylic acids is 1. The second-order valence-corrected chi connectivity index (χ2v) is 9.06. The molecule has 26 heavy (non-hydrogen) atoms. The number of aromatic nitrogens is 1. The Hall–Kier alpha value is -1.71. The highest BCUT2D eigenvalue weighted by atomic mass is 79.9. The van der Waals surface area contributed by atoms with Gasteiger partial charge in [0.25, 0.3) is 5.91 Å². The number of nitrogens with zero attached hydrogens (tertiary/aromatic N) is 1. The predicted molar refractivity (Wildman–Crippen MR) is 100 cm³/mol. The van der Waals surface area contributed by atoms with Gasteiger partial charge in [0.05, 0.1) is 5.69 Å². The fourth-order valence-corrected chi connectivity index (χ4v) is 5.44. The van der Waals surface area contributed by atoms with Crippen LogP contribution in [0.3, 0.4) is 0 Å². The monoisotopic (exact) mass is 443 g/mol. The number of nitrogens with one attached hydrogen (secondary N) is 2. The molecular weight excluding hydrogens is 425 g/mol. The third-order valence-corrected chi connectivity index (χ3v) is 7.10. The zero-order valence-electron chi connectivity index (χ0n) is 14.4. The van der Waals surface area contributed by atoms with Crippen LogP contribution in [0.5, 0.6) is 0 Å². The van der Waals surface area contributed by atoms with Gasteiger partial charge in [0, 0.05) is 23.3 Å². The van der Waals surface area contributed by atoms with Crippen molar-refractivity contribution in [2.75, 3.05) is 18.4 Å². The Morgan fingerprint density at radius 1 is 1.27 bits per heavy atom. The Morgan fingerprint density at radius 2 is 1.92 bits per heavy atom. The predicted octanol–water partition coefficient (Wildman–Crippen LogP) is 3.57. The number of benzene rings is 1. The van der Waals surface area contributed by atoms with Crippen molar-refractivity contribution in [1.82, 2.24) is 9.29 Å². The van der Waals surface area contributed by atoms with Gasteiger partial charge >= 0.3 is 0 Å². The lowest BCUT2D eigenvalue weighted by Gasteiger charge is -2.16. The molecule has 0 unspecified atom stereocenters. The summed E-state index contributed by atoms with van der Waals surface area (Å²) < 4.78 is 41.7. The van der Waals surface area contributed by atoms with Crippen molar-refractivity contribution in [2.45, 2.75) is 31.6 Å². The van der Waals surface area contributed by atoms with Gasteiger partial charge in [-0.05, 0) is 50.5 Å². The number of hydrogen-bond acceptors (Lipinski definition) is 3. The topological polar surface area (TPSA) is 82.3 Å². The molecule has 1 saturated heterocycles. The lowest BCUT2D eigenvalue weighted by Crippen LogP contribution is -2.28. The number of aryl methyl sites for hydroxylation is 1. The van der Waals surface area contributed by atoms with E-state index in [-0.39, 0.29) is 16.3 Å². The largest absolute Gasteiger partial charge is 0.353 e. The van der Waals surface area contributed by atoms with Crippen molar-refractivity contribution in [3.63, 3.8) is 0 Å². The van der Waals surface area contributed by atoms with Gasteiger partial charge in [0.15, 0.2) is 0 Å². The molecule has 1 amide bonds. The molecule has 1 fully saturated rings. The lowest BCUT2D eigenvalue weighted by molar-refractivity contribution is 0.102. The summed E-state index contributed by atoms with van der Waals surface area (Å²) in [5, 5.41) is 2.48. The number of aromatic amines is 1. The van der Waals surface area contributed by atoms with E-state index in [4.69, 9.17) is 0 Å². The molecule has 0 spiro atoms. The summed E-state index contributed by atoms with van der Waals surface area (Å²) in [5.41, 5.74) is 0.872. The van der Waals surface area contributed by atoms with Gasteiger partial charge in [-0.1, -0.05) is 15.9 Å². The van der Waals surface area contributed by atoms with Crippen LogP contribution in [0.1, 0.15) is 34.6 Å². The molecule has 9 heteroatoms. The first-order chi connectivity index (χ1) is 12.2. The van der Waals surface area contributed by atoms with Crippen molar-refractivity contribution >= 4 is 37.5 Å². The number of hydrogen-bond donors (Lipinski definition) is 2. The molecule has 0 aliphatic carbocycles. The van der Waals surface area contributed by atoms with Crippen LogP contribution in [-0.4, -0.2) is 36.7 Å². The minimum absolute atomic E-state index is 0.0220. The Morgan fingerprint density at radius 3 is 2.54 bits per heavy atom. The van der Waals surface area contributed by atoms with Crippen LogP contribution < -0.4 is 5.32 Å². The molecule has 1 aliphatic rings. The van der Waals surface area contributed by atoms with E-state index in [9.17, 15) is 17.6 Å². The zero-order chi connectivity index (χ0) is 19.1. The Kier molecular flexibility index (Phi) is 5.23. The van der Waals surface area contributed by atoms with Gasteiger partial charge < -0.3 is 10.3 Å². The first-order valence-corrected chi connectivity index (χ1v) is 10.4. The van der Waals surface area contributed by atoms with E-state index in [0.29, 0.717) is 28.8 Å². The summed E-state index contributed by atoms with van der Waals surface area (Å²) in [6, 6.07) is 4.28. The number of anilines is 1. The highest BCUT2D eigenvalue weighted by Gasteiger charge is 2.33. The summed E-state index contributed by atoms with van der Waals surface area (Å²) >= 11 is 3.16. The average Bonchev–Trinajstić information content (AvgIpc) is 3.19. The molecule has 3 rings (SSSR count). The van der Waals surface area contributed by atoms with E-state index in [2.05, 4.69) is 26.2 Å². The molecule has 0 saturated carbocycles. The van der Waals surface area contributed by atoms with E-state index in [1.54, 1.807) is 19.9 Å². The summed E-state index contributed by atoms with van der Waals surface area (Å²) in [7, 11) is -3.66. The summed E-state index contributed by atoms with van der Waals surface area (Å²) in [6.45, 7) is 4.17. The minimum Gasteiger partial charge on any atom is -0.353 e. The van der Waals surface area contributed by atoms with Gasteiger partial charge in [-0.2, -0.15) is 4.31 Å². The van der Waals surface area contributed by atoms with Crippen LogP contribution in [0.15, 0.2) is 27.6 Å². The fraction of sp³-hybridized carbons (Fsp3) is 0.353. The molecule has 140 valence electrons. The number of H-pyrrole nitrogens is 1. The van der Waals surface area contributed by atoms with Crippen molar-refractivity contribution in [3.05, 3.63) is 45.4 Å². The van der Waals surface area contributed by atoms with Crippen molar-refractivity contribution in [1.29, 1.82) is 0 Å². The van der Waals surface area contributed by atoms with Crippen molar-refractivity contribution in [2.24, 2.45) is 0 Å². The normalized spacial score (nSPS) is 15.4. The van der Waals surface area contributed by atoms with E-state index >= 15 is 0 Å². The summed E-state index contributed by atoms with van der Waals surface area (Å²) in [5.74, 6) is -1.17. The second-order valence-electron chi connectivity index (χ2n) is 6.27. The fourth-order valence-electron chi connectivity index (χ4n) is 3.18. The molecule has 2 N–H and O–H groups in total. The van der Waals surface area contributed by atoms with E-state index in [0.717, 1.165) is 12.8 Å². The average molecular weight is 444 g/mol. The van der Waals surface area contributed by atoms with E-state index in [1.165, 1.54) is 16.4 Å². The van der Waals surface area contributed by atoms with Gasteiger partial charge in [-0.3, -0.25) is 4.79 Å². The first-order valence-electron chi connectivity index (χ1n) is 8.17. The van der Waals surface area contributed by atoms with Crippen LogP contribution in [0.25, 0.3) is 0 Å². The van der Waals surface area contributed by atoms with Gasteiger partial charge in [-0.15, -0.1) is 0 Å². The number of amides is 1. The van der Waals surface area contributed by atoms with Crippen LogP contribution >= 0.6 is 15.9 Å². The van der Waals surface area contributed by atoms with Gasteiger partial charge in [-0.25, -0.2) is 12.8 Å². The molecule has 0 atom stereocenters. The van der Waals surface area contributed by atoms with Crippen molar-refractivity contribution < 1.29 is 17.6 Å². The Labute approximate surface area is 160 Å². The number of sulfonamides is 1. The molecule has 2 heterocycles. The standard InChI is InChI=1S/C17H19BrFN3O3S/c1-10-15(17(23)21-14-6-5-12(18)9-13(14)19)20-11(2)16(10)26(24,25)22-7-3-4-8-22/h5-6,9,20H,3-4,7-8H2,1-2H3,(H,21,23). The highest BCUT2D eigenvalue weighted by Crippen LogP contribution is 2.29. The smallest absolute Gasteiger partial charge is 0.272 e. The summed E-state index contributed by atoms with van der Waals surface area (Å²) in [4.78, 5) is 15.5. The van der Waals surface area contributed by atoms with Crippen LogP contribution in [0.2, 0.25) is 0 Å². The Bertz CT molecular complexity index is 966. The number of rotatable bonds is 4. The third kappa shape index (κ3) is 3.43. The van der Waals surface area contributed by atoms with Crippen LogP contribution in [0, 0.1) is 19.7 Å². The van der Waals surface area contributed by atoms with E-state index in [1.807, 2.05) is 0 Å². The maximum absolute atomic E-state index is 13.9. The Balaban J connectivity index is 1.93. The molecule has 1 aliphatic heterocycles. The summed E-state index contributed by atoms with van der Waals surface area (Å²) in [6.07, 6.45) is 1.66. The number of carbonyl (C=O) groups is 1. The molecule has 1 aromatic carbocycles. The quantitative estimate of drug-likeness (QED) is 0.757. The second kappa shape index (κ2) is 7.13.